The average Bonchev–Trinajstić information content (AvgIpc) is 3.19. The van der Waals surface area contributed by atoms with E-state index in [1.165, 1.54) is 0 Å². The maximum absolute atomic E-state index is 12.7. The number of carbonyl (C=O) groups is 2. The number of nitrogens with zero attached hydrogens (tertiary/aromatic N) is 2. The maximum Gasteiger partial charge on any atom is 0.253 e. The molecular weight excluding hydrogens is 332 g/mol. The number of carbonyl (C=O) groups excluding carboxylic acids is 2. The van der Waals surface area contributed by atoms with Crippen LogP contribution in [0.4, 0.5) is 5.69 Å². The van der Waals surface area contributed by atoms with Crippen LogP contribution in [0, 0.1) is 0 Å². The van der Waals surface area contributed by atoms with Crippen LogP contribution in [0.5, 0.6) is 0 Å². The molecule has 4 rings (SSSR count). The van der Waals surface area contributed by atoms with Crippen LogP contribution in [0.3, 0.4) is 0 Å². The van der Waals surface area contributed by atoms with E-state index in [1.54, 1.807) is 11.8 Å². The smallest absolute Gasteiger partial charge is 0.253 e. The van der Waals surface area contributed by atoms with Crippen LogP contribution in [0.15, 0.2) is 53.4 Å². The van der Waals surface area contributed by atoms with E-state index in [0.717, 1.165) is 42.1 Å². The van der Waals surface area contributed by atoms with Crippen LogP contribution in [-0.4, -0.2) is 35.6 Å². The molecule has 2 heterocycles. The minimum absolute atomic E-state index is 0.0722. The van der Waals surface area contributed by atoms with Gasteiger partial charge < -0.3 is 9.80 Å². The summed E-state index contributed by atoms with van der Waals surface area (Å²) in [6, 6.07) is 15.7. The number of amides is 2. The Bertz CT molecular complexity index is 801. The van der Waals surface area contributed by atoms with E-state index in [4.69, 9.17) is 0 Å². The molecule has 0 aromatic heterocycles. The number of hydrogen-bond donors (Lipinski definition) is 0. The first-order valence-corrected chi connectivity index (χ1v) is 9.61. The van der Waals surface area contributed by atoms with Gasteiger partial charge in [-0.1, -0.05) is 30.3 Å². The van der Waals surface area contributed by atoms with Crippen molar-refractivity contribution in [1.82, 2.24) is 4.90 Å². The van der Waals surface area contributed by atoms with Gasteiger partial charge in [0.15, 0.2) is 0 Å². The molecule has 2 amide bonds. The van der Waals surface area contributed by atoms with Gasteiger partial charge in [-0.15, -0.1) is 11.8 Å². The van der Waals surface area contributed by atoms with E-state index in [1.807, 2.05) is 58.3 Å². The summed E-state index contributed by atoms with van der Waals surface area (Å²) < 4.78 is 0. The molecule has 2 aliphatic heterocycles. The lowest BCUT2D eigenvalue weighted by Gasteiger charge is -2.30. The summed E-state index contributed by atoms with van der Waals surface area (Å²) in [7, 11) is 0. The predicted octanol–water partition coefficient (Wildman–Crippen LogP) is 3.56. The molecule has 1 saturated heterocycles. The van der Waals surface area contributed by atoms with Gasteiger partial charge in [-0.05, 0) is 36.6 Å². The van der Waals surface area contributed by atoms with Crippen LogP contribution in [0.1, 0.15) is 28.8 Å². The van der Waals surface area contributed by atoms with Crippen LogP contribution < -0.4 is 4.90 Å². The highest BCUT2D eigenvalue weighted by Gasteiger charge is 2.27. The highest BCUT2D eigenvalue weighted by Crippen LogP contribution is 2.37. The Morgan fingerprint density at radius 3 is 2.56 bits per heavy atom. The van der Waals surface area contributed by atoms with E-state index >= 15 is 0 Å². The van der Waals surface area contributed by atoms with Gasteiger partial charge >= 0.3 is 0 Å². The normalized spacial score (nSPS) is 16.9. The Morgan fingerprint density at radius 2 is 1.80 bits per heavy atom. The zero-order valence-corrected chi connectivity index (χ0v) is 14.8. The van der Waals surface area contributed by atoms with Gasteiger partial charge in [0.25, 0.3) is 5.91 Å². The number of thioether (sulfide) groups is 1. The quantitative estimate of drug-likeness (QED) is 0.848. The van der Waals surface area contributed by atoms with Crippen molar-refractivity contribution in [2.24, 2.45) is 0 Å². The van der Waals surface area contributed by atoms with Crippen molar-refractivity contribution in [2.45, 2.75) is 24.3 Å². The summed E-state index contributed by atoms with van der Waals surface area (Å²) in [5.41, 5.74) is 2.62. The van der Waals surface area contributed by atoms with Crippen LogP contribution in [-0.2, 0) is 11.3 Å². The third-order valence-electron chi connectivity index (χ3n) is 4.73. The average molecular weight is 352 g/mol. The molecule has 0 N–H and O–H groups in total. The van der Waals surface area contributed by atoms with Crippen molar-refractivity contribution in [3.05, 3.63) is 59.7 Å². The number of hydrogen-bond acceptors (Lipinski definition) is 3. The lowest BCUT2D eigenvalue weighted by Crippen LogP contribution is -2.35. The zero-order chi connectivity index (χ0) is 17.2. The molecule has 4 nitrogen and oxygen atoms in total. The topological polar surface area (TPSA) is 40.6 Å². The predicted molar refractivity (Wildman–Crippen MR) is 99.9 cm³/mol. The van der Waals surface area contributed by atoms with Crippen molar-refractivity contribution < 1.29 is 9.59 Å². The minimum atomic E-state index is 0.0722. The Balaban J connectivity index is 1.65. The lowest BCUT2D eigenvalue weighted by atomic mass is 10.1. The summed E-state index contributed by atoms with van der Waals surface area (Å²) in [6.07, 6.45) is 2.15. The second kappa shape index (κ2) is 6.92. The molecule has 1 fully saturated rings. The fraction of sp³-hybridized carbons (Fsp3) is 0.300. The number of benzene rings is 2. The first-order chi connectivity index (χ1) is 12.2. The van der Waals surface area contributed by atoms with Gasteiger partial charge in [-0.3, -0.25) is 9.59 Å². The molecule has 2 aliphatic rings. The Kier molecular flexibility index (Phi) is 4.49. The molecule has 0 saturated carbocycles. The monoisotopic (exact) mass is 352 g/mol. The summed E-state index contributed by atoms with van der Waals surface area (Å²) in [4.78, 5) is 30.0. The highest BCUT2D eigenvalue weighted by molar-refractivity contribution is 8.00. The van der Waals surface area contributed by atoms with Gasteiger partial charge in [-0.2, -0.15) is 0 Å². The second-order valence-corrected chi connectivity index (χ2v) is 7.45. The minimum Gasteiger partial charge on any atom is -0.339 e. The molecular formula is C20H20N2O2S. The van der Waals surface area contributed by atoms with E-state index in [2.05, 4.69) is 0 Å². The number of likely N-dealkylation sites (tertiary alicyclic amines) is 1. The third kappa shape index (κ3) is 3.29. The molecule has 0 aliphatic carbocycles. The standard InChI is InChI=1S/C20H20N2O2S/c23-19-14-25-18-9-8-16(20(24)21-10-4-5-11-21)12-17(18)22(19)13-15-6-2-1-3-7-15/h1-3,6-9,12H,4-5,10-11,13-14H2. The molecule has 0 spiro atoms. The first-order valence-electron chi connectivity index (χ1n) is 8.63. The number of anilines is 1. The molecule has 128 valence electrons. The highest BCUT2D eigenvalue weighted by atomic mass is 32.2. The molecule has 25 heavy (non-hydrogen) atoms. The Morgan fingerprint density at radius 1 is 1.04 bits per heavy atom. The fourth-order valence-corrected chi connectivity index (χ4v) is 4.29. The van der Waals surface area contributed by atoms with Crippen LogP contribution >= 0.6 is 11.8 Å². The Hall–Kier alpha value is -2.27. The van der Waals surface area contributed by atoms with Gasteiger partial charge in [-0.25, -0.2) is 0 Å². The summed E-state index contributed by atoms with van der Waals surface area (Å²) in [6.45, 7) is 2.20. The summed E-state index contributed by atoms with van der Waals surface area (Å²) >= 11 is 1.55. The van der Waals surface area contributed by atoms with Gasteiger partial charge in [0, 0.05) is 23.5 Å². The molecule has 5 heteroatoms. The molecule has 0 bridgehead atoms. The maximum atomic E-state index is 12.7. The largest absolute Gasteiger partial charge is 0.339 e. The molecule has 2 aromatic rings. The van der Waals surface area contributed by atoms with E-state index in [0.29, 0.717) is 17.9 Å². The molecule has 0 radical (unpaired) electrons. The van der Waals surface area contributed by atoms with Crippen LogP contribution in [0.2, 0.25) is 0 Å². The fourth-order valence-electron chi connectivity index (χ4n) is 3.38. The lowest BCUT2D eigenvalue weighted by molar-refractivity contribution is -0.116. The van der Waals surface area contributed by atoms with Crippen molar-refractivity contribution in [3.8, 4) is 0 Å². The van der Waals surface area contributed by atoms with Crippen molar-refractivity contribution in [3.63, 3.8) is 0 Å². The summed E-state index contributed by atoms with van der Waals surface area (Å²) in [5.74, 6) is 0.606. The molecule has 0 atom stereocenters. The zero-order valence-electron chi connectivity index (χ0n) is 14.0. The van der Waals surface area contributed by atoms with E-state index < -0.39 is 0 Å². The van der Waals surface area contributed by atoms with Crippen molar-refractivity contribution in [2.75, 3.05) is 23.7 Å². The van der Waals surface area contributed by atoms with Gasteiger partial charge in [0.2, 0.25) is 5.91 Å². The van der Waals surface area contributed by atoms with E-state index in [-0.39, 0.29) is 11.8 Å². The van der Waals surface area contributed by atoms with Crippen molar-refractivity contribution >= 4 is 29.3 Å². The molecule has 0 unspecified atom stereocenters. The third-order valence-corrected chi connectivity index (χ3v) is 5.77. The van der Waals surface area contributed by atoms with Gasteiger partial charge in [0.05, 0.1) is 18.0 Å². The van der Waals surface area contributed by atoms with Gasteiger partial charge in [0.1, 0.15) is 0 Å². The first kappa shape index (κ1) is 16.2. The SMILES string of the molecule is O=C(c1ccc2c(c1)N(Cc1ccccc1)C(=O)CS2)N1CCCC1. The van der Waals surface area contributed by atoms with E-state index in [9.17, 15) is 9.59 Å². The van der Waals surface area contributed by atoms with Crippen LogP contribution in [0.25, 0.3) is 0 Å². The number of rotatable bonds is 3. The molecule has 2 aromatic carbocycles. The summed E-state index contributed by atoms with van der Waals surface area (Å²) in [5, 5.41) is 0. The number of fused-ring (bicyclic) bond motifs is 1. The Labute approximate surface area is 151 Å². The van der Waals surface area contributed by atoms with Crippen molar-refractivity contribution in [1.29, 1.82) is 0 Å². The second-order valence-electron chi connectivity index (χ2n) is 6.44.